The number of nitrogens with zero attached hydrogens (tertiary/aromatic N) is 1. The predicted molar refractivity (Wildman–Crippen MR) is 119 cm³/mol. The molecule has 3 rings (SSSR count). The Bertz CT molecular complexity index is 1320. The summed E-state index contributed by atoms with van der Waals surface area (Å²) in [5.74, 6) is -2.43. The van der Waals surface area contributed by atoms with Gasteiger partial charge < -0.3 is 34.9 Å². The number of aryl methyl sites for hydroxylation is 1. The van der Waals surface area contributed by atoms with Crippen molar-refractivity contribution in [2.75, 3.05) is 12.4 Å². The molecular weight excluding hydrogens is 491 g/mol. The van der Waals surface area contributed by atoms with Gasteiger partial charge in [-0.1, -0.05) is 23.9 Å². The fourth-order valence-electron chi connectivity index (χ4n) is 3.41. The van der Waals surface area contributed by atoms with Crippen LogP contribution in [0.15, 0.2) is 53.3 Å². The molecule has 0 aliphatic rings. The van der Waals surface area contributed by atoms with Crippen molar-refractivity contribution in [1.82, 2.24) is 9.88 Å². The fourth-order valence-corrected chi connectivity index (χ4v) is 3.41. The fraction of sp³-hybridized carbons (Fsp3) is 0.208. The summed E-state index contributed by atoms with van der Waals surface area (Å²) in [4.78, 5) is 36.2. The maximum Gasteiger partial charge on any atom is 1.00 e. The second kappa shape index (κ2) is 13.8. The molecule has 0 bridgehead atoms. The van der Waals surface area contributed by atoms with Crippen LogP contribution in [-0.4, -0.2) is 23.7 Å². The van der Waals surface area contributed by atoms with E-state index >= 15 is 0 Å². The molecule has 0 saturated carbocycles. The summed E-state index contributed by atoms with van der Waals surface area (Å²) in [6.07, 6.45) is -0.748. The van der Waals surface area contributed by atoms with Gasteiger partial charge in [0.25, 0.3) is 5.56 Å². The van der Waals surface area contributed by atoms with Crippen LogP contribution < -0.4 is 90.3 Å². The number of urea groups is 1. The maximum absolute atomic E-state index is 14.7. The first-order valence-electron chi connectivity index (χ1n) is 10.2. The van der Waals surface area contributed by atoms with Gasteiger partial charge in [0, 0.05) is 30.7 Å². The van der Waals surface area contributed by atoms with Gasteiger partial charge in [0.1, 0.15) is 17.3 Å². The summed E-state index contributed by atoms with van der Waals surface area (Å²) in [5, 5.41) is 28.0. The number of carbonyl (C=O) groups excluding carboxylic acids is 2. The minimum absolute atomic E-state index is 0. The normalized spacial score (nSPS) is 10.9. The van der Waals surface area contributed by atoms with Gasteiger partial charge in [0.2, 0.25) is 0 Å². The molecule has 2 N–H and O–H groups in total. The minimum Gasteiger partial charge on any atom is -0.871 e. The number of pyridine rings is 1. The molecule has 36 heavy (non-hydrogen) atoms. The Morgan fingerprint density at radius 2 is 1.78 bits per heavy atom. The molecule has 0 aliphatic carbocycles. The van der Waals surface area contributed by atoms with Crippen molar-refractivity contribution in [2.45, 2.75) is 19.4 Å². The number of hydrogen-bond donors (Lipinski definition) is 2. The van der Waals surface area contributed by atoms with Crippen LogP contribution in [0, 0.1) is 12.7 Å². The van der Waals surface area contributed by atoms with Crippen molar-refractivity contribution in [3.8, 4) is 22.6 Å². The van der Waals surface area contributed by atoms with Gasteiger partial charge in [-0.25, -0.2) is 9.18 Å². The Morgan fingerprint density at radius 1 is 1.11 bits per heavy atom. The standard InChI is InChI=1S/C24H24FN3O6.2Na/c1-13-9-20(29)22(23(32)28(13)2)27-24(33)26-19(12-21(30)31)17-11-15(7-8-18(17)25)14-5-4-6-16(10-14)34-3;;/h4-11,19,29H,12H2,1-3H3,(H,30,31)(H2,26,27,33);;/q;2*+1/p-2/t19-;;/m0../s1. The molecule has 0 aliphatic heterocycles. The number of carbonyl (C=O) groups is 2. The molecule has 0 unspecified atom stereocenters. The average molecular weight is 513 g/mol. The van der Waals surface area contributed by atoms with Crippen LogP contribution >= 0.6 is 0 Å². The Labute approximate surface area is 251 Å². The number of amides is 2. The summed E-state index contributed by atoms with van der Waals surface area (Å²) in [6, 6.07) is 9.79. The number of methoxy groups -OCH3 is 1. The van der Waals surface area contributed by atoms with Crippen LogP contribution in [0.3, 0.4) is 0 Å². The summed E-state index contributed by atoms with van der Waals surface area (Å²) in [6.45, 7) is 1.56. The second-order valence-corrected chi connectivity index (χ2v) is 7.58. The Hall–Kier alpha value is -2.34. The topological polar surface area (TPSA) is 136 Å². The first-order chi connectivity index (χ1) is 16.1. The average Bonchev–Trinajstić information content (AvgIpc) is 2.80. The number of aliphatic carboxylic acids is 1. The first-order valence-corrected chi connectivity index (χ1v) is 10.2. The molecule has 0 spiro atoms. The number of halogens is 1. The zero-order chi connectivity index (χ0) is 25.0. The molecule has 2 amide bonds. The van der Waals surface area contributed by atoms with E-state index in [4.69, 9.17) is 4.74 Å². The van der Waals surface area contributed by atoms with Crippen LogP contribution in [0.4, 0.5) is 14.9 Å². The number of nitrogens with one attached hydrogen (secondary N) is 2. The Morgan fingerprint density at radius 3 is 2.42 bits per heavy atom. The minimum atomic E-state index is -1.53. The molecule has 178 valence electrons. The summed E-state index contributed by atoms with van der Waals surface area (Å²) >= 11 is 0. The van der Waals surface area contributed by atoms with Crippen LogP contribution in [-0.2, 0) is 11.8 Å². The molecule has 12 heteroatoms. The van der Waals surface area contributed by atoms with E-state index in [1.54, 1.807) is 31.2 Å². The SMILES string of the molecule is COc1cccc(-c2ccc(F)c([C@H](CC(=O)[O-])NC(=O)Nc3c([O-])cc(C)n(C)c3=O)c2)c1.[Na+].[Na+]. The molecule has 9 nitrogen and oxygen atoms in total. The molecule has 0 radical (unpaired) electrons. The monoisotopic (exact) mass is 513 g/mol. The molecule has 3 aromatic rings. The number of hydrogen-bond acceptors (Lipinski definition) is 6. The number of anilines is 1. The number of carboxylic acid groups (broad SMARTS) is 1. The van der Waals surface area contributed by atoms with Crippen molar-refractivity contribution in [2.24, 2.45) is 7.05 Å². The number of carboxylic acids is 1. The van der Waals surface area contributed by atoms with Gasteiger partial charge in [-0.15, -0.1) is 0 Å². The summed E-state index contributed by atoms with van der Waals surface area (Å²) in [7, 11) is 2.93. The number of benzene rings is 2. The Balaban J connectivity index is 0.00000324. The second-order valence-electron chi connectivity index (χ2n) is 7.58. The maximum atomic E-state index is 14.7. The van der Waals surface area contributed by atoms with Gasteiger partial charge in [-0.3, -0.25) is 4.79 Å². The van der Waals surface area contributed by atoms with Crippen molar-refractivity contribution in [3.05, 3.63) is 76.0 Å². The van der Waals surface area contributed by atoms with Gasteiger partial charge in [0.05, 0.1) is 13.2 Å². The zero-order valence-corrected chi connectivity index (χ0v) is 24.7. The Kier molecular flexibility index (Phi) is 12.2. The third-order valence-corrected chi connectivity index (χ3v) is 5.32. The molecule has 1 atom stereocenters. The quantitative estimate of drug-likeness (QED) is 0.307. The number of aromatic nitrogens is 1. The van der Waals surface area contributed by atoms with Gasteiger partial charge >= 0.3 is 65.1 Å². The van der Waals surface area contributed by atoms with Crippen molar-refractivity contribution >= 4 is 17.7 Å². The predicted octanol–water partition coefficient (Wildman–Crippen LogP) is -4.41. The molecule has 2 aromatic carbocycles. The van der Waals surface area contributed by atoms with Crippen LogP contribution in [0.2, 0.25) is 0 Å². The molecular formula is C24H22FN3Na2O6. The van der Waals surface area contributed by atoms with Crippen LogP contribution in [0.5, 0.6) is 11.5 Å². The zero-order valence-electron chi connectivity index (χ0n) is 20.7. The van der Waals surface area contributed by atoms with Gasteiger partial charge in [0.15, 0.2) is 0 Å². The van der Waals surface area contributed by atoms with E-state index < -0.39 is 47.3 Å². The van der Waals surface area contributed by atoms with E-state index in [1.165, 1.54) is 36.9 Å². The molecule has 1 heterocycles. The molecule has 0 fully saturated rings. The molecule has 0 saturated heterocycles. The van der Waals surface area contributed by atoms with E-state index in [2.05, 4.69) is 10.6 Å². The van der Waals surface area contributed by atoms with Gasteiger partial charge in [-0.05, 0) is 48.4 Å². The van der Waals surface area contributed by atoms with E-state index in [1.807, 2.05) is 0 Å². The summed E-state index contributed by atoms with van der Waals surface area (Å²) in [5.41, 5.74) is 0.267. The number of rotatable bonds is 7. The summed E-state index contributed by atoms with van der Waals surface area (Å²) < 4.78 is 21.1. The van der Waals surface area contributed by atoms with E-state index in [9.17, 15) is 29.0 Å². The van der Waals surface area contributed by atoms with Gasteiger partial charge in [-0.2, -0.15) is 0 Å². The van der Waals surface area contributed by atoms with Crippen LogP contribution in [0.1, 0.15) is 23.7 Å². The smallest absolute Gasteiger partial charge is 0.871 e. The van der Waals surface area contributed by atoms with E-state index in [-0.39, 0.29) is 64.7 Å². The largest absolute Gasteiger partial charge is 1.00 e. The van der Waals surface area contributed by atoms with Crippen molar-refractivity contribution < 1.29 is 88.0 Å². The van der Waals surface area contributed by atoms with E-state index in [0.29, 0.717) is 22.6 Å². The van der Waals surface area contributed by atoms with E-state index in [0.717, 1.165) is 6.07 Å². The van der Waals surface area contributed by atoms with Crippen molar-refractivity contribution in [1.29, 1.82) is 0 Å². The molecule has 1 aromatic heterocycles. The third-order valence-electron chi connectivity index (χ3n) is 5.32. The number of ether oxygens (including phenoxy) is 1. The van der Waals surface area contributed by atoms with Crippen LogP contribution in [0.25, 0.3) is 11.1 Å². The first kappa shape index (κ1) is 31.7. The third kappa shape index (κ3) is 7.58. The van der Waals surface area contributed by atoms with Crippen molar-refractivity contribution in [3.63, 3.8) is 0 Å².